The Balaban J connectivity index is 2.01. The molecule has 0 aromatic heterocycles. The van der Waals surface area contributed by atoms with Crippen molar-refractivity contribution < 1.29 is 9.53 Å². The van der Waals surface area contributed by atoms with E-state index in [-0.39, 0.29) is 5.97 Å². The van der Waals surface area contributed by atoms with Crippen LogP contribution in [0.4, 0.5) is 0 Å². The molecule has 10 heavy (non-hydrogen) atoms. The lowest BCUT2D eigenvalue weighted by molar-refractivity contribution is -0.183. The van der Waals surface area contributed by atoms with Crippen LogP contribution < -0.4 is 0 Å². The minimum atomic E-state index is 0.0926. The van der Waals surface area contributed by atoms with Crippen molar-refractivity contribution in [3.63, 3.8) is 0 Å². The molecule has 2 aliphatic carbocycles. The maximum Gasteiger partial charge on any atom is 0.309 e. The summed E-state index contributed by atoms with van der Waals surface area (Å²) < 4.78 is 5.20. The summed E-state index contributed by atoms with van der Waals surface area (Å²) in [7, 11) is 0. The van der Waals surface area contributed by atoms with Gasteiger partial charge in [0.2, 0.25) is 0 Å². The van der Waals surface area contributed by atoms with E-state index in [2.05, 4.69) is 0 Å². The molecule has 54 valence electrons. The molecule has 0 aromatic rings. The quantitative estimate of drug-likeness (QED) is 0.466. The average molecular weight is 138 g/mol. The molecule has 2 unspecified atom stereocenters. The molecule has 0 N–H and O–H groups in total. The van der Waals surface area contributed by atoms with Crippen LogP contribution in [0.2, 0.25) is 0 Å². The highest BCUT2D eigenvalue weighted by atomic mass is 16.5. The van der Waals surface area contributed by atoms with Crippen molar-refractivity contribution in [3.05, 3.63) is 0 Å². The molecular formula is C8H10O2. The molecule has 0 amide bonds. The van der Waals surface area contributed by atoms with Crippen LogP contribution in [-0.4, -0.2) is 12.1 Å². The first-order chi connectivity index (χ1) is 4.86. The summed E-state index contributed by atoms with van der Waals surface area (Å²) in [4.78, 5) is 11.1. The number of esters is 1. The lowest BCUT2D eigenvalue weighted by atomic mass is 9.64. The Morgan fingerprint density at radius 3 is 2.90 bits per heavy atom. The molecule has 2 aliphatic heterocycles. The third-order valence-corrected chi connectivity index (χ3v) is 3.43. The number of hydrogen-bond donors (Lipinski definition) is 0. The Hall–Kier alpha value is -0.530. The fourth-order valence-corrected chi connectivity index (χ4v) is 2.81. The van der Waals surface area contributed by atoms with Gasteiger partial charge < -0.3 is 4.74 Å². The smallest absolute Gasteiger partial charge is 0.309 e. The van der Waals surface area contributed by atoms with Crippen molar-refractivity contribution in [3.8, 4) is 0 Å². The monoisotopic (exact) mass is 138 g/mol. The predicted molar refractivity (Wildman–Crippen MR) is 34.2 cm³/mol. The van der Waals surface area contributed by atoms with Crippen LogP contribution in [0.15, 0.2) is 0 Å². The molecule has 4 bridgehead atoms. The molecule has 2 nitrogen and oxygen atoms in total. The van der Waals surface area contributed by atoms with E-state index in [0.717, 1.165) is 24.7 Å². The maximum atomic E-state index is 11.1. The lowest BCUT2D eigenvalue weighted by Gasteiger charge is -2.45. The van der Waals surface area contributed by atoms with Gasteiger partial charge in [0, 0.05) is 5.92 Å². The molecule has 4 atom stereocenters. The molecule has 2 saturated heterocycles. The molecule has 2 saturated carbocycles. The molecule has 4 fully saturated rings. The third-order valence-electron chi connectivity index (χ3n) is 3.43. The molecule has 0 aromatic carbocycles. The summed E-state index contributed by atoms with van der Waals surface area (Å²) in [5, 5.41) is 0. The molecule has 4 rings (SSSR count). The van der Waals surface area contributed by atoms with Crippen molar-refractivity contribution in [1.29, 1.82) is 0 Å². The molecule has 0 spiro atoms. The lowest BCUT2D eigenvalue weighted by Crippen LogP contribution is -2.50. The Labute approximate surface area is 59.6 Å². The molecule has 2 heterocycles. The van der Waals surface area contributed by atoms with Gasteiger partial charge in [0.15, 0.2) is 0 Å². The summed E-state index contributed by atoms with van der Waals surface area (Å²) in [5.41, 5.74) is 0. The van der Waals surface area contributed by atoms with E-state index in [1.807, 2.05) is 0 Å². The van der Waals surface area contributed by atoms with Gasteiger partial charge >= 0.3 is 5.97 Å². The summed E-state index contributed by atoms with van der Waals surface area (Å²) in [6.07, 6.45) is 3.83. The average Bonchev–Trinajstić information content (AvgIpc) is 2.04. The van der Waals surface area contributed by atoms with Crippen LogP contribution in [0.3, 0.4) is 0 Å². The Bertz CT molecular complexity index is 193. The van der Waals surface area contributed by atoms with Crippen molar-refractivity contribution in [1.82, 2.24) is 0 Å². The van der Waals surface area contributed by atoms with Crippen LogP contribution in [0.25, 0.3) is 0 Å². The topological polar surface area (TPSA) is 26.3 Å². The van der Waals surface area contributed by atoms with Crippen molar-refractivity contribution in [2.24, 2.45) is 17.8 Å². The van der Waals surface area contributed by atoms with E-state index < -0.39 is 0 Å². The zero-order valence-corrected chi connectivity index (χ0v) is 5.75. The minimum absolute atomic E-state index is 0.0926. The van der Waals surface area contributed by atoms with Crippen LogP contribution in [0, 0.1) is 17.8 Å². The highest BCUT2D eigenvalue weighted by Crippen LogP contribution is 2.56. The third kappa shape index (κ3) is 0.386. The first-order valence-electron chi connectivity index (χ1n) is 4.07. The van der Waals surface area contributed by atoms with Gasteiger partial charge in [0.05, 0.1) is 5.92 Å². The van der Waals surface area contributed by atoms with Crippen LogP contribution in [0.1, 0.15) is 19.3 Å². The van der Waals surface area contributed by atoms with Crippen LogP contribution >= 0.6 is 0 Å². The van der Waals surface area contributed by atoms with Gasteiger partial charge in [-0.25, -0.2) is 0 Å². The fraction of sp³-hybridized carbons (Fsp3) is 0.875. The van der Waals surface area contributed by atoms with E-state index >= 15 is 0 Å². The zero-order chi connectivity index (χ0) is 6.72. The zero-order valence-electron chi connectivity index (χ0n) is 5.75. The molecule has 2 heteroatoms. The second-order valence-electron chi connectivity index (χ2n) is 3.72. The van der Waals surface area contributed by atoms with E-state index in [1.165, 1.54) is 6.42 Å². The SMILES string of the molecule is O=C1O[C@H]2CCC3C2C[C@H]13. The maximum absolute atomic E-state index is 11.1. The summed E-state index contributed by atoms with van der Waals surface area (Å²) >= 11 is 0. The number of carbonyl (C=O) groups is 1. The highest BCUT2D eigenvalue weighted by Gasteiger charge is 2.58. The number of rotatable bonds is 0. The van der Waals surface area contributed by atoms with Gasteiger partial charge in [-0.1, -0.05) is 0 Å². The second kappa shape index (κ2) is 1.39. The van der Waals surface area contributed by atoms with Gasteiger partial charge in [0.25, 0.3) is 0 Å². The van der Waals surface area contributed by atoms with Crippen molar-refractivity contribution in [2.75, 3.05) is 0 Å². The summed E-state index contributed by atoms with van der Waals surface area (Å²) in [6, 6.07) is 0. The molecular weight excluding hydrogens is 128 g/mol. The number of hydrogen-bond acceptors (Lipinski definition) is 2. The van der Waals surface area contributed by atoms with Crippen molar-refractivity contribution in [2.45, 2.75) is 25.4 Å². The van der Waals surface area contributed by atoms with E-state index in [0.29, 0.717) is 12.0 Å². The number of carbonyl (C=O) groups excluding carboxylic acids is 1. The number of fused-ring (bicyclic) bond motifs is 1. The highest BCUT2D eigenvalue weighted by molar-refractivity contribution is 5.76. The van der Waals surface area contributed by atoms with Crippen molar-refractivity contribution >= 4 is 5.97 Å². The first-order valence-corrected chi connectivity index (χ1v) is 4.07. The predicted octanol–water partition coefficient (Wildman–Crippen LogP) is 0.958. The van der Waals surface area contributed by atoms with Gasteiger partial charge in [-0.3, -0.25) is 4.79 Å². The standard InChI is InChI=1S/C8H10O2/c9-8-6-3-5-4(6)1-2-7(5)10-8/h4-7H,1-3H2/t4?,5?,6-,7-/m0/s1. The fourth-order valence-electron chi connectivity index (χ4n) is 2.81. The van der Waals surface area contributed by atoms with E-state index in [4.69, 9.17) is 4.74 Å². The largest absolute Gasteiger partial charge is 0.462 e. The molecule has 4 aliphatic rings. The Kier molecular flexibility index (Phi) is 0.715. The Morgan fingerprint density at radius 2 is 2.20 bits per heavy atom. The second-order valence-corrected chi connectivity index (χ2v) is 3.72. The summed E-state index contributed by atoms with van der Waals surface area (Å²) in [5.74, 6) is 1.90. The minimum Gasteiger partial charge on any atom is -0.462 e. The van der Waals surface area contributed by atoms with Crippen LogP contribution in [-0.2, 0) is 9.53 Å². The molecule has 0 radical (unpaired) electrons. The van der Waals surface area contributed by atoms with Crippen LogP contribution in [0.5, 0.6) is 0 Å². The first kappa shape index (κ1) is 5.16. The van der Waals surface area contributed by atoms with Gasteiger partial charge in [-0.2, -0.15) is 0 Å². The normalized spacial score (nSPS) is 55.8. The van der Waals surface area contributed by atoms with E-state index in [9.17, 15) is 4.79 Å². The van der Waals surface area contributed by atoms with E-state index in [1.54, 1.807) is 0 Å². The number of ether oxygens (including phenoxy) is 1. The Morgan fingerprint density at radius 1 is 1.30 bits per heavy atom. The van der Waals surface area contributed by atoms with Gasteiger partial charge in [-0.15, -0.1) is 0 Å². The van der Waals surface area contributed by atoms with Gasteiger partial charge in [0.1, 0.15) is 6.10 Å². The van der Waals surface area contributed by atoms with Gasteiger partial charge in [-0.05, 0) is 25.2 Å². The summed E-state index contributed by atoms with van der Waals surface area (Å²) in [6.45, 7) is 0.